The largest absolute Gasteiger partial charge is 0.507 e. The van der Waals surface area contributed by atoms with E-state index in [1.165, 1.54) is 18.2 Å². The number of hydrazone groups is 1. The number of hydrogen-bond donors (Lipinski definition) is 6. The van der Waals surface area contributed by atoms with E-state index in [2.05, 4.69) is 21.2 Å². The van der Waals surface area contributed by atoms with Crippen molar-refractivity contribution >= 4 is 17.6 Å². The van der Waals surface area contributed by atoms with Gasteiger partial charge < -0.3 is 26.0 Å². The molecule has 0 radical (unpaired) electrons. The number of phenolic OH excluding ortho intramolecular Hbond substituents is 1. The molecule has 0 spiro atoms. The van der Waals surface area contributed by atoms with Crippen molar-refractivity contribution in [2.75, 3.05) is 0 Å². The normalized spacial score (nSPS) is 27.5. The van der Waals surface area contributed by atoms with Crippen molar-refractivity contribution in [2.24, 2.45) is 5.10 Å². The van der Waals surface area contributed by atoms with Gasteiger partial charge >= 0.3 is 6.03 Å². The lowest BCUT2D eigenvalue weighted by Crippen LogP contribution is -2.58. The molecule has 1 heterocycles. The van der Waals surface area contributed by atoms with E-state index in [1.54, 1.807) is 30.3 Å². The summed E-state index contributed by atoms with van der Waals surface area (Å²) in [5.41, 5.74) is -1.73. The zero-order valence-electron chi connectivity index (χ0n) is 13.2. The number of para-hydroxylation sites is 1. The molecule has 9 nitrogen and oxygen atoms in total. The van der Waals surface area contributed by atoms with Gasteiger partial charge in [0.25, 0.3) is 5.91 Å². The topological polar surface area (TPSA) is 143 Å². The highest BCUT2D eigenvalue weighted by molar-refractivity contribution is 6.15. The van der Waals surface area contributed by atoms with Crippen molar-refractivity contribution in [3.05, 3.63) is 65.2 Å². The van der Waals surface area contributed by atoms with Crippen molar-refractivity contribution in [2.45, 2.75) is 11.4 Å². The summed E-state index contributed by atoms with van der Waals surface area (Å²) in [5.74, 6) is -0.951. The van der Waals surface area contributed by atoms with Crippen LogP contribution in [0.3, 0.4) is 0 Å². The molecule has 1 saturated heterocycles. The number of aromatic hydroxyl groups is 1. The Hall–Kier alpha value is -3.43. The van der Waals surface area contributed by atoms with Crippen LogP contribution < -0.4 is 16.1 Å². The van der Waals surface area contributed by atoms with E-state index in [9.17, 15) is 24.9 Å². The molecule has 2 aliphatic rings. The first-order chi connectivity index (χ1) is 12.4. The first-order valence-corrected chi connectivity index (χ1v) is 7.68. The number of carbonyl (C=O) groups excluding carboxylic acids is 2. The average Bonchev–Trinajstić information content (AvgIpc) is 2.94. The monoisotopic (exact) mass is 354 g/mol. The van der Waals surface area contributed by atoms with E-state index in [0.717, 1.165) is 0 Å². The van der Waals surface area contributed by atoms with Crippen LogP contribution >= 0.6 is 0 Å². The summed E-state index contributed by atoms with van der Waals surface area (Å²) < 4.78 is 0. The van der Waals surface area contributed by atoms with Crippen LogP contribution in [-0.4, -0.2) is 38.7 Å². The molecule has 0 aromatic heterocycles. The second kappa shape index (κ2) is 5.28. The Morgan fingerprint density at radius 1 is 1.00 bits per heavy atom. The standard InChI is InChI=1S/C17H14N4O5/c22-12-8-4-2-6-10(12)14(23)21-20-13-9-5-1-3-7-11(9)16(25)17(13,26)19-15(24)18-16/h1-8,22,25-26H,(H,21,23)(H2,18,19,24)/b20-13-/t16-,17-/m1/s1. The fourth-order valence-electron chi connectivity index (χ4n) is 3.21. The zero-order chi connectivity index (χ0) is 18.5. The highest BCUT2D eigenvalue weighted by atomic mass is 16.4. The molecular weight excluding hydrogens is 340 g/mol. The molecule has 2 aromatic rings. The van der Waals surface area contributed by atoms with Crippen molar-refractivity contribution in [3.63, 3.8) is 0 Å². The lowest BCUT2D eigenvalue weighted by atomic mass is 10.0. The number of phenols is 1. The predicted octanol–water partition coefficient (Wildman–Crippen LogP) is -0.314. The molecule has 0 bridgehead atoms. The highest BCUT2D eigenvalue weighted by Crippen LogP contribution is 2.43. The molecule has 4 rings (SSSR count). The quantitative estimate of drug-likeness (QED) is 0.410. The number of aliphatic hydroxyl groups is 2. The average molecular weight is 354 g/mol. The smallest absolute Gasteiger partial charge is 0.320 e. The third kappa shape index (κ3) is 2.01. The fraction of sp³-hybridized carbons (Fsp3) is 0.118. The van der Waals surface area contributed by atoms with Crippen LogP contribution in [0.5, 0.6) is 5.75 Å². The predicted molar refractivity (Wildman–Crippen MR) is 89.1 cm³/mol. The maximum atomic E-state index is 12.2. The molecule has 6 N–H and O–H groups in total. The third-order valence-corrected chi connectivity index (χ3v) is 4.45. The minimum Gasteiger partial charge on any atom is -0.507 e. The van der Waals surface area contributed by atoms with Crippen molar-refractivity contribution in [1.29, 1.82) is 0 Å². The van der Waals surface area contributed by atoms with Gasteiger partial charge in [0.05, 0.1) is 5.56 Å². The molecule has 1 fully saturated rings. The minimum absolute atomic E-state index is 0.0148. The van der Waals surface area contributed by atoms with Crippen LogP contribution in [0.15, 0.2) is 53.6 Å². The van der Waals surface area contributed by atoms with Crippen LogP contribution in [0.2, 0.25) is 0 Å². The summed E-state index contributed by atoms with van der Waals surface area (Å²) >= 11 is 0. The van der Waals surface area contributed by atoms with Crippen LogP contribution in [0.4, 0.5) is 4.79 Å². The first kappa shape index (κ1) is 16.1. The molecule has 9 heteroatoms. The Morgan fingerprint density at radius 2 is 1.65 bits per heavy atom. The molecule has 1 aliphatic carbocycles. The Balaban J connectivity index is 1.76. The maximum Gasteiger partial charge on any atom is 0.320 e. The highest BCUT2D eigenvalue weighted by Gasteiger charge is 2.67. The Bertz CT molecular complexity index is 975. The Labute approximate surface area is 147 Å². The molecule has 1 aliphatic heterocycles. The molecule has 2 aromatic carbocycles. The van der Waals surface area contributed by atoms with Crippen molar-refractivity contribution in [1.82, 2.24) is 16.1 Å². The van der Waals surface area contributed by atoms with Gasteiger partial charge in [-0.15, -0.1) is 0 Å². The van der Waals surface area contributed by atoms with E-state index in [0.29, 0.717) is 5.56 Å². The summed E-state index contributed by atoms with van der Waals surface area (Å²) in [6.45, 7) is 0. The number of fused-ring (bicyclic) bond motifs is 3. The number of urea groups is 1. The molecule has 2 atom stereocenters. The summed E-state index contributed by atoms with van der Waals surface area (Å²) in [6.07, 6.45) is 0. The lowest BCUT2D eigenvalue weighted by molar-refractivity contribution is -0.110. The molecule has 0 unspecified atom stereocenters. The van der Waals surface area contributed by atoms with Gasteiger partial charge in [-0.2, -0.15) is 5.10 Å². The van der Waals surface area contributed by atoms with Gasteiger partial charge in [-0.1, -0.05) is 36.4 Å². The Morgan fingerprint density at radius 3 is 2.42 bits per heavy atom. The van der Waals surface area contributed by atoms with E-state index >= 15 is 0 Å². The van der Waals surface area contributed by atoms with Gasteiger partial charge in [0.2, 0.25) is 11.4 Å². The van der Waals surface area contributed by atoms with Crippen LogP contribution in [0.1, 0.15) is 21.5 Å². The van der Waals surface area contributed by atoms with Gasteiger partial charge in [-0.05, 0) is 12.1 Å². The van der Waals surface area contributed by atoms with Crippen LogP contribution in [0.25, 0.3) is 0 Å². The number of nitrogens with one attached hydrogen (secondary N) is 3. The number of hydrogen-bond acceptors (Lipinski definition) is 6. The minimum atomic E-state index is -2.26. The third-order valence-electron chi connectivity index (χ3n) is 4.45. The van der Waals surface area contributed by atoms with Gasteiger partial charge in [0.1, 0.15) is 11.5 Å². The van der Waals surface area contributed by atoms with Crippen molar-refractivity contribution in [3.8, 4) is 5.75 Å². The van der Waals surface area contributed by atoms with E-state index in [4.69, 9.17) is 0 Å². The molecular formula is C17H14N4O5. The van der Waals surface area contributed by atoms with Crippen LogP contribution in [-0.2, 0) is 5.72 Å². The molecule has 0 saturated carbocycles. The molecule has 132 valence electrons. The summed E-state index contributed by atoms with van der Waals surface area (Å²) in [7, 11) is 0. The first-order valence-electron chi connectivity index (χ1n) is 7.68. The summed E-state index contributed by atoms with van der Waals surface area (Å²) in [5, 5.41) is 39.9. The van der Waals surface area contributed by atoms with Gasteiger partial charge in [0, 0.05) is 11.1 Å². The van der Waals surface area contributed by atoms with E-state index in [-0.39, 0.29) is 22.6 Å². The van der Waals surface area contributed by atoms with Crippen LogP contribution in [0, 0.1) is 0 Å². The fourth-order valence-corrected chi connectivity index (χ4v) is 3.21. The number of rotatable bonds is 2. The van der Waals surface area contributed by atoms with Crippen molar-refractivity contribution < 1.29 is 24.9 Å². The second-order valence-electron chi connectivity index (χ2n) is 5.96. The summed E-state index contributed by atoms with van der Waals surface area (Å²) in [6, 6.07) is 11.5. The Kier molecular flexibility index (Phi) is 3.26. The zero-order valence-corrected chi connectivity index (χ0v) is 13.2. The van der Waals surface area contributed by atoms with Gasteiger partial charge in [0.15, 0.2) is 0 Å². The number of benzene rings is 2. The van der Waals surface area contributed by atoms with E-state index < -0.39 is 23.4 Å². The maximum absolute atomic E-state index is 12.2. The number of carbonyl (C=O) groups is 2. The van der Waals surface area contributed by atoms with Gasteiger partial charge in [-0.3, -0.25) is 4.79 Å². The molecule has 3 amide bonds. The SMILES string of the molecule is O=C1N[C@@]2(O)/C(=N\NC(=O)c3ccccc3O)c3ccccc3[C@]2(O)N1. The van der Waals surface area contributed by atoms with Gasteiger partial charge in [-0.25, -0.2) is 10.2 Å². The second-order valence-corrected chi connectivity index (χ2v) is 5.96. The van der Waals surface area contributed by atoms with E-state index in [1.807, 2.05) is 0 Å². The summed E-state index contributed by atoms with van der Waals surface area (Å²) in [4.78, 5) is 24.0. The number of amides is 3. The molecule has 26 heavy (non-hydrogen) atoms. The lowest BCUT2D eigenvalue weighted by Gasteiger charge is -2.29. The number of nitrogens with zero attached hydrogens (tertiary/aromatic N) is 1.